The normalized spacial score (nSPS) is 21.4. The van der Waals surface area contributed by atoms with Crippen molar-refractivity contribution in [1.82, 2.24) is 4.90 Å². The molecule has 0 bridgehead atoms. The van der Waals surface area contributed by atoms with Crippen LogP contribution in [-0.2, 0) is 37.8 Å². The Morgan fingerprint density at radius 1 is 0.857 bits per heavy atom. The fraction of sp³-hybridized carbons (Fsp3) is 0.564. The van der Waals surface area contributed by atoms with Gasteiger partial charge in [0.1, 0.15) is 11.7 Å². The molecule has 0 saturated carbocycles. The number of nitrogens with zero attached hydrogens (tertiary/aromatic N) is 1. The highest BCUT2D eigenvalue weighted by molar-refractivity contribution is 6.99. The van der Waals surface area contributed by atoms with Gasteiger partial charge in [0.2, 0.25) is 5.91 Å². The van der Waals surface area contributed by atoms with E-state index >= 15 is 0 Å². The molecule has 49 heavy (non-hydrogen) atoms. The lowest BCUT2D eigenvalue weighted by molar-refractivity contribution is -0.178. The van der Waals surface area contributed by atoms with Gasteiger partial charge >= 0.3 is 5.97 Å². The molecule has 1 saturated heterocycles. The van der Waals surface area contributed by atoms with Crippen LogP contribution in [0.15, 0.2) is 72.4 Å². The molecule has 0 aromatic heterocycles. The first-order chi connectivity index (χ1) is 23.2. The third-order valence-electron chi connectivity index (χ3n) is 9.02. The van der Waals surface area contributed by atoms with Gasteiger partial charge in [-0.1, -0.05) is 108 Å². The van der Waals surface area contributed by atoms with Gasteiger partial charge in [-0.15, -0.1) is 0 Å². The molecule has 0 radical (unpaired) electrons. The lowest BCUT2D eigenvalue weighted by Crippen LogP contribution is -2.68. The number of esters is 1. The van der Waals surface area contributed by atoms with Gasteiger partial charge in [0.05, 0.1) is 13.2 Å². The van der Waals surface area contributed by atoms with E-state index in [-0.39, 0.29) is 29.9 Å². The molecule has 10 heteroatoms. The molecule has 4 atom stereocenters. The standard InChI is InChI=1S/C39H57NO8Si/c1-10-12-24-44-27-39(28-46-49(38(7,8)9,33-20-16-14-17-21-33)34-22-18-15-19-23-34)36(45-25-13-11-2)35(47-32(6)43)37(48-39)40(31(5)42)26-29(3)30(4)41/h14-23,26,35-37H,10-13,24-25,27-28H2,1-9H3/b29-26-/t35-,36?,37+,39-/m0/s1. The highest BCUT2D eigenvalue weighted by Crippen LogP contribution is 2.42. The van der Waals surface area contributed by atoms with Crippen LogP contribution < -0.4 is 10.4 Å². The van der Waals surface area contributed by atoms with Crippen LogP contribution in [0.4, 0.5) is 0 Å². The van der Waals surface area contributed by atoms with Crippen molar-refractivity contribution in [1.29, 1.82) is 0 Å². The van der Waals surface area contributed by atoms with Crippen LogP contribution in [0.25, 0.3) is 0 Å². The molecule has 1 unspecified atom stereocenters. The molecule has 0 aliphatic carbocycles. The molecular formula is C39H57NO8Si. The third kappa shape index (κ3) is 9.76. The first-order valence-electron chi connectivity index (χ1n) is 17.5. The number of ketones is 1. The van der Waals surface area contributed by atoms with Crippen LogP contribution in [0.5, 0.6) is 0 Å². The maximum absolute atomic E-state index is 13.3. The molecule has 3 rings (SSSR count). The van der Waals surface area contributed by atoms with Crippen molar-refractivity contribution in [3.8, 4) is 0 Å². The number of rotatable bonds is 18. The van der Waals surface area contributed by atoms with Crippen molar-refractivity contribution in [3.63, 3.8) is 0 Å². The van der Waals surface area contributed by atoms with E-state index in [0.29, 0.717) is 18.8 Å². The van der Waals surface area contributed by atoms with Crippen LogP contribution in [0, 0.1) is 0 Å². The highest BCUT2D eigenvalue weighted by Gasteiger charge is 2.62. The predicted octanol–water partition coefficient (Wildman–Crippen LogP) is 5.93. The van der Waals surface area contributed by atoms with Gasteiger partial charge in [-0.25, -0.2) is 0 Å². The first kappa shape index (κ1) is 40.3. The van der Waals surface area contributed by atoms with E-state index in [9.17, 15) is 14.4 Å². The van der Waals surface area contributed by atoms with Gasteiger partial charge in [0.15, 0.2) is 18.1 Å². The number of carbonyl (C=O) groups is 3. The predicted molar refractivity (Wildman–Crippen MR) is 194 cm³/mol. The largest absolute Gasteiger partial charge is 0.455 e. The van der Waals surface area contributed by atoms with Gasteiger partial charge in [0, 0.05) is 38.8 Å². The summed E-state index contributed by atoms with van der Waals surface area (Å²) < 4.78 is 33.4. The van der Waals surface area contributed by atoms with Crippen LogP contribution >= 0.6 is 0 Å². The Kier molecular flexibility index (Phi) is 15.0. The zero-order chi connectivity index (χ0) is 36.2. The Bertz CT molecular complexity index is 1350. The van der Waals surface area contributed by atoms with E-state index in [4.69, 9.17) is 23.4 Å². The zero-order valence-corrected chi connectivity index (χ0v) is 32.0. The van der Waals surface area contributed by atoms with Gasteiger partial charge in [-0.2, -0.15) is 0 Å². The highest BCUT2D eigenvalue weighted by atomic mass is 28.4. The minimum absolute atomic E-state index is 0.0264. The molecule has 1 fully saturated rings. The molecule has 2 aromatic carbocycles. The fourth-order valence-corrected chi connectivity index (χ4v) is 11.0. The van der Waals surface area contributed by atoms with Crippen molar-refractivity contribution in [2.75, 3.05) is 26.4 Å². The number of hydrogen-bond acceptors (Lipinski definition) is 8. The number of benzene rings is 2. The molecule has 0 N–H and O–H groups in total. The Morgan fingerprint density at radius 3 is 1.88 bits per heavy atom. The number of carbonyl (C=O) groups excluding carboxylic acids is 3. The molecule has 1 aliphatic rings. The monoisotopic (exact) mass is 695 g/mol. The summed E-state index contributed by atoms with van der Waals surface area (Å²) in [6.45, 7) is 17.5. The molecule has 270 valence electrons. The number of allylic oxidation sites excluding steroid dienone is 1. The quantitative estimate of drug-likeness (QED) is 0.0819. The van der Waals surface area contributed by atoms with Crippen molar-refractivity contribution < 1.29 is 37.8 Å². The summed E-state index contributed by atoms with van der Waals surface area (Å²) in [5, 5.41) is 1.85. The third-order valence-corrected chi connectivity index (χ3v) is 14.0. The summed E-state index contributed by atoms with van der Waals surface area (Å²) in [5.74, 6) is -1.13. The Morgan fingerprint density at radius 2 is 1.41 bits per heavy atom. The van der Waals surface area contributed by atoms with E-state index in [1.807, 2.05) is 36.4 Å². The Labute approximate surface area is 294 Å². The number of amides is 1. The Balaban J connectivity index is 2.29. The van der Waals surface area contributed by atoms with Crippen molar-refractivity contribution in [2.24, 2.45) is 0 Å². The summed E-state index contributed by atoms with van der Waals surface area (Å²) in [7, 11) is -3.09. The smallest absolute Gasteiger partial charge is 0.303 e. The lowest BCUT2D eigenvalue weighted by atomic mass is 9.96. The summed E-state index contributed by atoms with van der Waals surface area (Å²) in [6, 6.07) is 20.6. The van der Waals surface area contributed by atoms with Gasteiger partial charge < -0.3 is 23.4 Å². The average molecular weight is 696 g/mol. The van der Waals surface area contributed by atoms with Gasteiger partial charge in [0.25, 0.3) is 8.32 Å². The first-order valence-corrected chi connectivity index (χ1v) is 19.4. The second-order valence-electron chi connectivity index (χ2n) is 13.9. The maximum Gasteiger partial charge on any atom is 0.303 e. The average Bonchev–Trinajstić information content (AvgIpc) is 3.34. The van der Waals surface area contributed by atoms with E-state index < -0.39 is 38.3 Å². The topological polar surface area (TPSA) is 101 Å². The van der Waals surface area contributed by atoms with Crippen LogP contribution in [0.2, 0.25) is 5.04 Å². The maximum atomic E-state index is 13.3. The van der Waals surface area contributed by atoms with E-state index in [2.05, 4.69) is 58.9 Å². The zero-order valence-electron chi connectivity index (χ0n) is 31.0. The molecule has 2 aromatic rings. The SMILES string of the molecule is CCCCOC[C@@]1(CO[Si](c2ccccc2)(c2ccccc2)C(C)(C)C)O[C@@H](N(/C=C(/C)C(C)=O)C(C)=O)[C@@H](OC(C)=O)C1OCCCC. The van der Waals surface area contributed by atoms with Crippen molar-refractivity contribution in [3.05, 3.63) is 72.4 Å². The summed E-state index contributed by atoms with van der Waals surface area (Å²) in [4.78, 5) is 39.6. The molecule has 1 amide bonds. The van der Waals surface area contributed by atoms with Crippen LogP contribution in [0.3, 0.4) is 0 Å². The number of Topliss-reactive ketones (excluding diaryl/α,β-unsaturated/α-hetero) is 1. The Hall–Kier alpha value is -3.15. The molecular weight excluding hydrogens is 639 g/mol. The number of hydrogen-bond donors (Lipinski definition) is 0. The van der Waals surface area contributed by atoms with Crippen molar-refractivity contribution in [2.45, 2.75) is 117 Å². The number of unbranched alkanes of at least 4 members (excludes halogenated alkanes) is 2. The molecule has 0 spiro atoms. The molecule has 1 aliphatic heterocycles. The second-order valence-corrected chi connectivity index (χ2v) is 18.3. The van der Waals surface area contributed by atoms with Gasteiger partial charge in [-0.3, -0.25) is 19.3 Å². The fourth-order valence-electron chi connectivity index (χ4n) is 6.35. The summed E-state index contributed by atoms with van der Waals surface area (Å²) >= 11 is 0. The summed E-state index contributed by atoms with van der Waals surface area (Å²) in [6.07, 6.45) is 1.88. The summed E-state index contributed by atoms with van der Waals surface area (Å²) in [5.41, 5.74) is -0.950. The minimum atomic E-state index is -3.09. The van der Waals surface area contributed by atoms with Crippen LogP contribution in [0.1, 0.15) is 88.0 Å². The molecule has 1 heterocycles. The lowest BCUT2D eigenvalue weighted by Gasteiger charge is -2.45. The second kappa shape index (κ2) is 18.2. The van der Waals surface area contributed by atoms with E-state index in [0.717, 1.165) is 36.1 Å². The van der Waals surface area contributed by atoms with E-state index in [1.54, 1.807) is 6.92 Å². The van der Waals surface area contributed by atoms with Gasteiger partial charge in [-0.05, 0) is 42.1 Å². The molecule has 9 nitrogen and oxygen atoms in total. The van der Waals surface area contributed by atoms with Crippen molar-refractivity contribution >= 4 is 36.4 Å². The van der Waals surface area contributed by atoms with E-state index in [1.165, 1.54) is 31.9 Å². The van der Waals surface area contributed by atoms with Crippen LogP contribution in [-0.4, -0.2) is 81.3 Å². The minimum Gasteiger partial charge on any atom is -0.455 e. The number of ether oxygens (including phenoxy) is 4.